The second kappa shape index (κ2) is 2.98. The third kappa shape index (κ3) is 1.50. The fraction of sp³-hybridized carbons (Fsp3) is 0.625. The summed E-state index contributed by atoms with van der Waals surface area (Å²) in [5, 5.41) is 2.95. The minimum Gasteiger partial charge on any atom is -0.435 e. The predicted molar refractivity (Wildman–Crippen MR) is 41.9 cm³/mol. The zero-order chi connectivity index (χ0) is 10.3. The Morgan fingerprint density at radius 3 is 2.43 bits per heavy atom. The van der Waals surface area contributed by atoms with E-state index in [0.29, 0.717) is 13.1 Å². The highest BCUT2D eigenvalue weighted by atomic mass is 19.4. The Hall–Kier alpha value is -1.04. The summed E-state index contributed by atoms with van der Waals surface area (Å²) in [5.74, 6) is -0.794. The minimum atomic E-state index is -4.44. The SMILES string of the molecule is Cc1nc(C2CNC2)oc1C(F)(F)F. The molecule has 78 valence electrons. The molecule has 1 aromatic heterocycles. The van der Waals surface area contributed by atoms with Gasteiger partial charge in [0.25, 0.3) is 0 Å². The number of halogens is 3. The molecule has 0 unspecified atom stereocenters. The normalized spacial score (nSPS) is 18.3. The molecular weight excluding hydrogens is 197 g/mol. The van der Waals surface area contributed by atoms with E-state index in [0.717, 1.165) is 0 Å². The predicted octanol–water partition coefficient (Wildman–Crippen LogP) is 1.69. The standard InChI is InChI=1S/C8H9F3N2O/c1-4-6(8(9,10)11)14-7(13-4)5-2-12-3-5/h5,12H,2-3H2,1H3. The van der Waals surface area contributed by atoms with Gasteiger partial charge in [-0.25, -0.2) is 4.98 Å². The van der Waals surface area contributed by atoms with Crippen LogP contribution in [-0.4, -0.2) is 18.1 Å². The molecule has 1 aliphatic heterocycles. The lowest BCUT2D eigenvalue weighted by atomic mass is 10.0. The molecule has 14 heavy (non-hydrogen) atoms. The summed E-state index contributed by atoms with van der Waals surface area (Å²) in [5.41, 5.74) is -0.0839. The van der Waals surface area contributed by atoms with E-state index in [1.54, 1.807) is 0 Å². The molecule has 0 bridgehead atoms. The lowest BCUT2D eigenvalue weighted by molar-refractivity contribution is -0.154. The highest BCUT2D eigenvalue weighted by molar-refractivity contribution is 5.14. The number of oxazole rings is 1. The van der Waals surface area contributed by atoms with E-state index in [-0.39, 0.29) is 17.5 Å². The minimum absolute atomic E-state index is 0.00944. The molecule has 2 heterocycles. The molecule has 0 atom stereocenters. The second-order valence-electron chi connectivity index (χ2n) is 3.32. The number of nitrogens with one attached hydrogen (secondary N) is 1. The maximum absolute atomic E-state index is 12.3. The number of alkyl halides is 3. The van der Waals surface area contributed by atoms with Gasteiger partial charge in [0, 0.05) is 13.1 Å². The molecule has 0 amide bonds. The molecular formula is C8H9F3N2O. The quantitative estimate of drug-likeness (QED) is 0.759. The maximum Gasteiger partial charge on any atom is 0.451 e. The van der Waals surface area contributed by atoms with Crippen LogP contribution < -0.4 is 5.32 Å². The van der Waals surface area contributed by atoms with Crippen molar-refractivity contribution in [2.75, 3.05) is 13.1 Å². The first kappa shape index (κ1) is 9.51. The van der Waals surface area contributed by atoms with E-state index in [2.05, 4.69) is 10.3 Å². The largest absolute Gasteiger partial charge is 0.451 e. The van der Waals surface area contributed by atoms with Crippen molar-refractivity contribution in [3.05, 3.63) is 17.3 Å². The van der Waals surface area contributed by atoms with Crippen LogP contribution in [0.15, 0.2) is 4.42 Å². The summed E-state index contributed by atoms with van der Waals surface area (Å²) in [4.78, 5) is 3.77. The summed E-state index contributed by atoms with van der Waals surface area (Å²) in [6.45, 7) is 2.58. The van der Waals surface area contributed by atoms with Crippen molar-refractivity contribution < 1.29 is 17.6 Å². The van der Waals surface area contributed by atoms with Crippen molar-refractivity contribution in [2.45, 2.75) is 19.0 Å². The molecule has 0 radical (unpaired) electrons. The van der Waals surface area contributed by atoms with Gasteiger partial charge in [-0.05, 0) is 6.92 Å². The number of nitrogens with zero attached hydrogens (tertiary/aromatic N) is 1. The summed E-state index contributed by atoms with van der Waals surface area (Å²) in [7, 11) is 0. The molecule has 0 spiro atoms. The Balaban J connectivity index is 2.29. The third-order valence-corrected chi connectivity index (χ3v) is 2.20. The Morgan fingerprint density at radius 2 is 2.07 bits per heavy atom. The highest BCUT2D eigenvalue weighted by Gasteiger charge is 2.39. The molecule has 3 nitrogen and oxygen atoms in total. The second-order valence-corrected chi connectivity index (χ2v) is 3.32. The Morgan fingerprint density at radius 1 is 1.43 bits per heavy atom. The van der Waals surface area contributed by atoms with Crippen LogP contribution >= 0.6 is 0 Å². The Bertz CT molecular complexity index is 341. The molecule has 1 aromatic rings. The van der Waals surface area contributed by atoms with Gasteiger partial charge < -0.3 is 9.73 Å². The van der Waals surface area contributed by atoms with Gasteiger partial charge in [-0.1, -0.05) is 0 Å². The van der Waals surface area contributed by atoms with Gasteiger partial charge in [-0.2, -0.15) is 13.2 Å². The lowest BCUT2D eigenvalue weighted by Gasteiger charge is -2.23. The first-order valence-corrected chi connectivity index (χ1v) is 4.23. The zero-order valence-electron chi connectivity index (χ0n) is 7.48. The molecule has 1 aliphatic rings. The molecule has 1 N–H and O–H groups in total. The smallest absolute Gasteiger partial charge is 0.435 e. The average molecular weight is 206 g/mol. The van der Waals surface area contributed by atoms with Crippen LogP contribution in [0.4, 0.5) is 13.2 Å². The van der Waals surface area contributed by atoms with Crippen molar-refractivity contribution in [1.82, 2.24) is 10.3 Å². The first-order valence-electron chi connectivity index (χ1n) is 4.23. The summed E-state index contributed by atoms with van der Waals surface area (Å²) < 4.78 is 41.6. The van der Waals surface area contributed by atoms with Gasteiger partial charge in [0.15, 0.2) is 0 Å². The van der Waals surface area contributed by atoms with E-state index in [4.69, 9.17) is 4.42 Å². The molecule has 2 rings (SSSR count). The molecule has 0 saturated carbocycles. The number of aryl methyl sites for hydroxylation is 1. The van der Waals surface area contributed by atoms with Crippen molar-refractivity contribution >= 4 is 0 Å². The fourth-order valence-electron chi connectivity index (χ4n) is 1.32. The van der Waals surface area contributed by atoms with Gasteiger partial charge in [0.1, 0.15) is 0 Å². The van der Waals surface area contributed by atoms with Crippen LogP contribution in [0.3, 0.4) is 0 Å². The van der Waals surface area contributed by atoms with Gasteiger partial charge >= 0.3 is 6.18 Å². The number of rotatable bonds is 1. The fourth-order valence-corrected chi connectivity index (χ4v) is 1.32. The average Bonchev–Trinajstić information content (AvgIpc) is 2.25. The van der Waals surface area contributed by atoms with Gasteiger partial charge in [0.05, 0.1) is 11.6 Å². The van der Waals surface area contributed by atoms with Crippen LogP contribution in [-0.2, 0) is 6.18 Å². The summed E-state index contributed by atoms with van der Waals surface area (Å²) in [6, 6.07) is 0. The number of aromatic nitrogens is 1. The van der Waals surface area contributed by atoms with Gasteiger partial charge in [-0.3, -0.25) is 0 Å². The zero-order valence-corrected chi connectivity index (χ0v) is 7.48. The van der Waals surface area contributed by atoms with E-state index < -0.39 is 11.9 Å². The van der Waals surface area contributed by atoms with Crippen LogP contribution in [0.2, 0.25) is 0 Å². The monoisotopic (exact) mass is 206 g/mol. The van der Waals surface area contributed by atoms with Gasteiger partial charge in [0.2, 0.25) is 11.7 Å². The van der Waals surface area contributed by atoms with Crippen molar-refractivity contribution in [3.8, 4) is 0 Å². The van der Waals surface area contributed by atoms with E-state index in [1.165, 1.54) is 6.92 Å². The van der Waals surface area contributed by atoms with E-state index in [9.17, 15) is 13.2 Å². The molecule has 1 saturated heterocycles. The van der Waals surface area contributed by atoms with Crippen LogP contribution in [0.5, 0.6) is 0 Å². The third-order valence-electron chi connectivity index (χ3n) is 2.20. The van der Waals surface area contributed by atoms with Crippen molar-refractivity contribution in [2.24, 2.45) is 0 Å². The van der Waals surface area contributed by atoms with Crippen LogP contribution in [0.1, 0.15) is 23.3 Å². The number of hydrogen-bond donors (Lipinski definition) is 1. The Labute approximate surface area is 78.3 Å². The Kier molecular flexibility index (Phi) is 2.02. The van der Waals surface area contributed by atoms with Crippen LogP contribution in [0, 0.1) is 6.92 Å². The molecule has 0 aromatic carbocycles. The van der Waals surface area contributed by atoms with Gasteiger partial charge in [-0.15, -0.1) is 0 Å². The molecule has 6 heteroatoms. The lowest BCUT2D eigenvalue weighted by Crippen LogP contribution is -2.40. The highest BCUT2D eigenvalue weighted by Crippen LogP contribution is 2.34. The number of hydrogen-bond acceptors (Lipinski definition) is 3. The topological polar surface area (TPSA) is 38.1 Å². The van der Waals surface area contributed by atoms with Crippen molar-refractivity contribution in [3.63, 3.8) is 0 Å². The van der Waals surface area contributed by atoms with E-state index >= 15 is 0 Å². The van der Waals surface area contributed by atoms with E-state index in [1.807, 2.05) is 0 Å². The molecule has 1 fully saturated rings. The molecule has 0 aliphatic carbocycles. The van der Waals surface area contributed by atoms with Crippen LogP contribution in [0.25, 0.3) is 0 Å². The van der Waals surface area contributed by atoms with Crippen molar-refractivity contribution in [1.29, 1.82) is 0 Å². The summed E-state index contributed by atoms with van der Waals surface area (Å²) >= 11 is 0. The first-order chi connectivity index (χ1) is 6.48. The summed E-state index contributed by atoms with van der Waals surface area (Å²) in [6.07, 6.45) is -4.44. The maximum atomic E-state index is 12.3.